The topological polar surface area (TPSA) is 72.5 Å². The van der Waals surface area contributed by atoms with Crippen molar-refractivity contribution in [2.24, 2.45) is 0 Å². The second-order valence-electron chi connectivity index (χ2n) is 6.45. The molecule has 6 heteroatoms. The van der Waals surface area contributed by atoms with E-state index in [1.807, 2.05) is 38.1 Å². The van der Waals surface area contributed by atoms with Gasteiger partial charge in [0, 0.05) is 27.9 Å². The number of hydrogen-bond acceptors (Lipinski definition) is 4. The smallest absolute Gasteiger partial charge is 0.336 e. The zero-order valence-corrected chi connectivity index (χ0v) is 16.3. The molecule has 0 atom stereocenters. The van der Waals surface area contributed by atoms with Gasteiger partial charge in [0.25, 0.3) is 5.91 Å². The standard InChI is InChI=1S/C21H16BrNO4/c1-11-3-5-16-14(9-19(24)27-20(16)12(11)2)10-23-21(25)18-8-13-7-15(22)4-6-17(13)26-18/h3-9H,10H2,1-2H3,(H,23,25). The first-order valence-electron chi connectivity index (χ1n) is 8.42. The summed E-state index contributed by atoms with van der Waals surface area (Å²) < 4.78 is 11.9. The largest absolute Gasteiger partial charge is 0.451 e. The van der Waals surface area contributed by atoms with E-state index < -0.39 is 5.63 Å². The Hall–Kier alpha value is -2.86. The van der Waals surface area contributed by atoms with Gasteiger partial charge in [-0.05, 0) is 54.8 Å². The number of hydrogen-bond donors (Lipinski definition) is 1. The van der Waals surface area contributed by atoms with Gasteiger partial charge < -0.3 is 14.2 Å². The maximum absolute atomic E-state index is 12.5. The van der Waals surface area contributed by atoms with Crippen LogP contribution in [0.15, 0.2) is 60.6 Å². The van der Waals surface area contributed by atoms with Crippen LogP contribution in [-0.4, -0.2) is 5.91 Å². The summed E-state index contributed by atoms with van der Waals surface area (Å²) in [6.07, 6.45) is 0. The van der Waals surface area contributed by atoms with Crippen LogP contribution in [0.5, 0.6) is 0 Å². The predicted molar refractivity (Wildman–Crippen MR) is 107 cm³/mol. The van der Waals surface area contributed by atoms with E-state index in [0.717, 1.165) is 26.4 Å². The van der Waals surface area contributed by atoms with Crippen LogP contribution in [0.25, 0.3) is 21.9 Å². The van der Waals surface area contributed by atoms with Gasteiger partial charge in [-0.1, -0.05) is 28.1 Å². The van der Waals surface area contributed by atoms with Crippen molar-refractivity contribution in [3.63, 3.8) is 0 Å². The zero-order chi connectivity index (χ0) is 19.1. The lowest BCUT2D eigenvalue weighted by Gasteiger charge is -2.09. The Labute approximate surface area is 163 Å². The molecule has 4 aromatic rings. The molecule has 0 radical (unpaired) electrons. The highest BCUT2D eigenvalue weighted by atomic mass is 79.9. The van der Waals surface area contributed by atoms with E-state index in [1.165, 1.54) is 6.07 Å². The van der Waals surface area contributed by atoms with E-state index in [-0.39, 0.29) is 18.2 Å². The Kier molecular flexibility index (Phi) is 4.36. The minimum Gasteiger partial charge on any atom is -0.451 e. The molecule has 0 aliphatic carbocycles. The number of carbonyl (C=O) groups excluding carboxylic acids is 1. The van der Waals surface area contributed by atoms with Gasteiger partial charge in [0.2, 0.25) is 0 Å². The molecule has 2 heterocycles. The zero-order valence-electron chi connectivity index (χ0n) is 14.8. The Morgan fingerprint density at radius 3 is 2.70 bits per heavy atom. The molecule has 0 spiro atoms. The van der Waals surface area contributed by atoms with Crippen molar-refractivity contribution in [3.8, 4) is 0 Å². The Bertz CT molecular complexity index is 1250. The molecule has 2 aromatic heterocycles. The first kappa shape index (κ1) is 17.5. The molecular formula is C21H16BrNO4. The first-order valence-corrected chi connectivity index (χ1v) is 9.22. The van der Waals surface area contributed by atoms with Crippen LogP contribution in [0.1, 0.15) is 27.2 Å². The molecular weight excluding hydrogens is 410 g/mol. The van der Waals surface area contributed by atoms with Crippen LogP contribution in [0, 0.1) is 13.8 Å². The number of benzene rings is 2. The third-order valence-corrected chi connectivity index (χ3v) is 5.15. The summed E-state index contributed by atoms with van der Waals surface area (Å²) in [5.41, 5.74) is 3.42. The molecule has 5 nitrogen and oxygen atoms in total. The highest BCUT2D eigenvalue weighted by Gasteiger charge is 2.14. The van der Waals surface area contributed by atoms with E-state index in [2.05, 4.69) is 21.2 Å². The Morgan fingerprint density at radius 2 is 1.89 bits per heavy atom. The lowest BCUT2D eigenvalue weighted by Crippen LogP contribution is -2.23. The summed E-state index contributed by atoms with van der Waals surface area (Å²) in [7, 11) is 0. The monoisotopic (exact) mass is 425 g/mol. The minimum absolute atomic E-state index is 0.199. The van der Waals surface area contributed by atoms with E-state index in [0.29, 0.717) is 16.7 Å². The molecule has 2 aromatic carbocycles. The van der Waals surface area contributed by atoms with Crippen LogP contribution in [0.2, 0.25) is 0 Å². The highest BCUT2D eigenvalue weighted by Crippen LogP contribution is 2.25. The average Bonchev–Trinajstić information content (AvgIpc) is 3.06. The summed E-state index contributed by atoms with van der Waals surface area (Å²) in [4.78, 5) is 24.4. The SMILES string of the molecule is Cc1ccc2c(CNC(=O)c3cc4cc(Br)ccc4o3)cc(=O)oc2c1C. The molecule has 1 amide bonds. The second kappa shape index (κ2) is 6.70. The molecule has 0 fully saturated rings. The highest BCUT2D eigenvalue weighted by molar-refractivity contribution is 9.10. The van der Waals surface area contributed by atoms with E-state index >= 15 is 0 Å². The molecule has 1 N–H and O–H groups in total. The first-order chi connectivity index (χ1) is 12.9. The quantitative estimate of drug-likeness (QED) is 0.476. The van der Waals surface area contributed by atoms with Gasteiger partial charge in [0.05, 0.1) is 0 Å². The van der Waals surface area contributed by atoms with Crippen molar-refractivity contribution in [1.82, 2.24) is 5.32 Å². The molecule has 0 aliphatic heterocycles. The number of nitrogens with one attached hydrogen (secondary N) is 1. The summed E-state index contributed by atoms with van der Waals surface area (Å²) >= 11 is 3.40. The van der Waals surface area contributed by atoms with Crippen molar-refractivity contribution in [2.75, 3.05) is 0 Å². The maximum atomic E-state index is 12.5. The maximum Gasteiger partial charge on any atom is 0.336 e. The van der Waals surface area contributed by atoms with Gasteiger partial charge in [-0.2, -0.15) is 0 Å². The van der Waals surface area contributed by atoms with Crippen LogP contribution >= 0.6 is 15.9 Å². The summed E-state index contributed by atoms with van der Waals surface area (Å²) in [6, 6.07) is 12.5. The molecule has 0 saturated heterocycles. The fraction of sp³-hybridized carbons (Fsp3) is 0.143. The number of carbonyl (C=O) groups is 1. The van der Waals surface area contributed by atoms with Crippen LogP contribution in [-0.2, 0) is 6.54 Å². The normalized spacial score (nSPS) is 11.2. The van der Waals surface area contributed by atoms with Crippen LogP contribution in [0.4, 0.5) is 0 Å². The molecule has 0 aliphatic rings. The van der Waals surface area contributed by atoms with Gasteiger partial charge in [-0.25, -0.2) is 4.79 Å². The fourth-order valence-corrected chi connectivity index (χ4v) is 3.44. The van der Waals surface area contributed by atoms with Crippen molar-refractivity contribution in [1.29, 1.82) is 0 Å². The predicted octanol–water partition coefficient (Wildman–Crippen LogP) is 4.85. The van der Waals surface area contributed by atoms with E-state index in [1.54, 1.807) is 12.1 Å². The summed E-state index contributed by atoms with van der Waals surface area (Å²) in [6.45, 7) is 4.07. The van der Waals surface area contributed by atoms with Gasteiger partial charge >= 0.3 is 5.63 Å². The second-order valence-corrected chi connectivity index (χ2v) is 7.37. The van der Waals surface area contributed by atoms with Gasteiger partial charge in [-0.3, -0.25) is 4.79 Å². The number of furan rings is 1. The Balaban J connectivity index is 1.63. The van der Waals surface area contributed by atoms with Crippen molar-refractivity contribution in [3.05, 3.63) is 79.8 Å². The van der Waals surface area contributed by atoms with Crippen molar-refractivity contribution < 1.29 is 13.6 Å². The van der Waals surface area contributed by atoms with Crippen molar-refractivity contribution in [2.45, 2.75) is 20.4 Å². The average molecular weight is 426 g/mol. The third-order valence-electron chi connectivity index (χ3n) is 4.66. The van der Waals surface area contributed by atoms with Gasteiger partial charge in [-0.15, -0.1) is 0 Å². The lowest BCUT2D eigenvalue weighted by molar-refractivity contribution is 0.0925. The number of amides is 1. The lowest BCUT2D eigenvalue weighted by atomic mass is 10.0. The van der Waals surface area contributed by atoms with Crippen LogP contribution in [0.3, 0.4) is 0 Å². The Morgan fingerprint density at radius 1 is 1.07 bits per heavy atom. The third kappa shape index (κ3) is 3.28. The molecule has 0 saturated carbocycles. The summed E-state index contributed by atoms with van der Waals surface area (Å²) in [5.74, 6) is -0.116. The molecule has 4 rings (SSSR count). The van der Waals surface area contributed by atoms with Crippen molar-refractivity contribution >= 4 is 43.8 Å². The number of fused-ring (bicyclic) bond motifs is 2. The minimum atomic E-state index is -0.436. The number of halogens is 1. The van der Waals surface area contributed by atoms with Crippen LogP contribution < -0.4 is 10.9 Å². The van der Waals surface area contributed by atoms with Gasteiger partial charge in [0.15, 0.2) is 5.76 Å². The number of rotatable bonds is 3. The van der Waals surface area contributed by atoms with E-state index in [4.69, 9.17) is 8.83 Å². The number of aryl methyl sites for hydroxylation is 2. The molecule has 27 heavy (non-hydrogen) atoms. The van der Waals surface area contributed by atoms with E-state index in [9.17, 15) is 9.59 Å². The fourth-order valence-electron chi connectivity index (χ4n) is 3.06. The molecule has 0 bridgehead atoms. The van der Waals surface area contributed by atoms with Gasteiger partial charge in [0.1, 0.15) is 11.2 Å². The summed E-state index contributed by atoms with van der Waals surface area (Å²) in [5, 5.41) is 4.47. The molecule has 0 unspecified atom stereocenters. The molecule has 136 valence electrons.